The smallest absolute Gasteiger partial charge is 0.118 e. The minimum absolute atomic E-state index is 0.895. The molecule has 3 rings (SSSR count). The Morgan fingerprint density at radius 3 is 2.45 bits per heavy atom. The summed E-state index contributed by atoms with van der Waals surface area (Å²) in [6, 6.07) is 16.9. The van der Waals surface area contributed by atoms with Gasteiger partial charge >= 0.3 is 0 Å². The number of aromatic nitrogens is 1. The van der Waals surface area contributed by atoms with Crippen LogP contribution in [0.1, 0.15) is 16.7 Å². The molecule has 0 N–H and O–H groups in total. The highest BCUT2D eigenvalue weighted by atomic mass is 16.5. The summed E-state index contributed by atoms with van der Waals surface area (Å²) in [4.78, 5) is 4.44. The molecule has 0 aliphatic rings. The van der Waals surface area contributed by atoms with E-state index in [1.54, 1.807) is 7.11 Å². The summed E-state index contributed by atoms with van der Waals surface area (Å²) in [6.07, 6.45) is 2.83. The normalized spacial score (nSPS) is 10.7. The minimum atomic E-state index is 0.895. The largest absolute Gasteiger partial charge is 0.497 e. The highest BCUT2D eigenvalue weighted by Gasteiger charge is 2.01. The van der Waals surface area contributed by atoms with Crippen molar-refractivity contribution < 1.29 is 4.74 Å². The predicted octanol–water partition coefficient (Wildman–Crippen LogP) is 4.14. The Bertz CT molecular complexity index is 732. The maximum atomic E-state index is 5.18. The number of benzene rings is 2. The Morgan fingerprint density at radius 1 is 0.950 bits per heavy atom. The van der Waals surface area contributed by atoms with Gasteiger partial charge in [0, 0.05) is 11.6 Å². The number of aryl methyl sites for hydroxylation is 1. The SMILES string of the molecule is COc1ccc(Cc2ccc3ncc(C)cc3c2)cc1. The van der Waals surface area contributed by atoms with Crippen molar-refractivity contribution in [2.75, 3.05) is 7.11 Å². The van der Waals surface area contributed by atoms with Crippen LogP contribution in [-0.4, -0.2) is 12.1 Å². The quantitative estimate of drug-likeness (QED) is 0.708. The van der Waals surface area contributed by atoms with Gasteiger partial charge in [0.2, 0.25) is 0 Å². The van der Waals surface area contributed by atoms with E-state index in [0.717, 1.165) is 17.7 Å². The van der Waals surface area contributed by atoms with Crippen LogP contribution in [0.5, 0.6) is 5.75 Å². The van der Waals surface area contributed by atoms with Crippen LogP contribution in [0, 0.1) is 6.92 Å². The topological polar surface area (TPSA) is 22.1 Å². The van der Waals surface area contributed by atoms with E-state index in [0.29, 0.717) is 0 Å². The first-order valence-corrected chi connectivity index (χ1v) is 6.73. The molecule has 0 saturated heterocycles. The Morgan fingerprint density at radius 2 is 1.70 bits per heavy atom. The molecule has 1 aromatic heterocycles. The third-order valence-electron chi connectivity index (χ3n) is 3.45. The molecular formula is C18H17NO. The standard InChI is InChI=1S/C18H17NO/c1-13-9-16-11-15(5-8-18(16)19-12-13)10-14-3-6-17(20-2)7-4-14/h3-9,11-12H,10H2,1-2H3. The van der Waals surface area contributed by atoms with Gasteiger partial charge in [-0.1, -0.05) is 18.2 Å². The van der Waals surface area contributed by atoms with Gasteiger partial charge in [0.05, 0.1) is 12.6 Å². The van der Waals surface area contributed by atoms with Crippen LogP contribution in [0.15, 0.2) is 54.7 Å². The molecule has 1 heterocycles. The predicted molar refractivity (Wildman–Crippen MR) is 82.3 cm³/mol. The Kier molecular flexibility index (Phi) is 3.38. The summed E-state index contributed by atoms with van der Waals surface area (Å²) in [6.45, 7) is 2.07. The van der Waals surface area contributed by atoms with E-state index in [4.69, 9.17) is 4.74 Å². The average Bonchev–Trinajstić information content (AvgIpc) is 2.47. The summed E-state index contributed by atoms with van der Waals surface area (Å²) in [5.41, 5.74) is 4.83. The first kappa shape index (κ1) is 12.7. The maximum absolute atomic E-state index is 5.18. The van der Waals surface area contributed by atoms with E-state index in [1.165, 1.54) is 22.1 Å². The van der Waals surface area contributed by atoms with E-state index >= 15 is 0 Å². The number of ether oxygens (including phenoxy) is 1. The van der Waals surface area contributed by atoms with Gasteiger partial charge in [-0.2, -0.15) is 0 Å². The molecule has 3 aromatic rings. The van der Waals surface area contributed by atoms with Crippen molar-refractivity contribution in [1.82, 2.24) is 4.98 Å². The second-order valence-corrected chi connectivity index (χ2v) is 5.06. The maximum Gasteiger partial charge on any atom is 0.118 e. The Labute approximate surface area is 119 Å². The van der Waals surface area contributed by atoms with Gasteiger partial charge in [0.1, 0.15) is 5.75 Å². The van der Waals surface area contributed by atoms with Crippen molar-refractivity contribution in [2.24, 2.45) is 0 Å². The van der Waals surface area contributed by atoms with Gasteiger partial charge in [-0.3, -0.25) is 4.98 Å². The van der Waals surface area contributed by atoms with Crippen molar-refractivity contribution in [2.45, 2.75) is 13.3 Å². The average molecular weight is 263 g/mol. The molecule has 20 heavy (non-hydrogen) atoms. The molecule has 0 aliphatic carbocycles. The summed E-state index contributed by atoms with van der Waals surface area (Å²) < 4.78 is 5.18. The molecule has 100 valence electrons. The zero-order valence-electron chi connectivity index (χ0n) is 11.8. The van der Waals surface area contributed by atoms with Crippen LogP contribution in [0.2, 0.25) is 0 Å². The molecule has 2 heteroatoms. The summed E-state index contributed by atoms with van der Waals surface area (Å²) in [5.74, 6) is 0.895. The lowest BCUT2D eigenvalue weighted by atomic mass is 10.0. The lowest BCUT2D eigenvalue weighted by Crippen LogP contribution is -1.90. The number of hydrogen-bond acceptors (Lipinski definition) is 2. The lowest BCUT2D eigenvalue weighted by molar-refractivity contribution is 0.414. The molecule has 2 nitrogen and oxygen atoms in total. The highest BCUT2D eigenvalue weighted by Crippen LogP contribution is 2.19. The van der Waals surface area contributed by atoms with Gasteiger partial charge < -0.3 is 4.74 Å². The zero-order valence-corrected chi connectivity index (χ0v) is 11.8. The van der Waals surface area contributed by atoms with E-state index in [9.17, 15) is 0 Å². The van der Waals surface area contributed by atoms with Crippen molar-refractivity contribution in [3.05, 3.63) is 71.4 Å². The third kappa shape index (κ3) is 2.64. The molecule has 0 atom stereocenters. The van der Waals surface area contributed by atoms with Crippen LogP contribution in [0.3, 0.4) is 0 Å². The van der Waals surface area contributed by atoms with Crippen LogP contribution in [0.25, 0.3) is 10.9 Å². The number of rotatable bonds is 3. The number of hydrogen-bond donors (Lipinski definition) is 0. The number of nitrogens with zero attached hydrogens (tertiary/aromatic N) is 1. The Hall–Kier alpha value is -2.35. The number of pyridine rings is 1. The van der Waals surface area contributed by atoms with E-state index in [1.807, 2.05) is 18.3 Å². The second kappa shape index (κ2) is 5.33. The van der Waals surface area contributed by atoms with Crippen LogP contribution >= 0.6 is 0 Å². The molecule has 0 aliphatic heterocycles. The number of fused-ring (bicyclic) bond motifs is 1. The third-order valence-corrected chi connectivity index (χ3v) is 3.45. The molecule has 0 radical (unpaired) electrons. The fourth-order valence-electron chi connectivity index (χ4n) is 2.38. The molecule has 2 aromatic carbocycles. The molecule has 0 amide bonds. The van der Waals surface area contributed by atoms with Crippen LogP contribution in [-0.2, 0) is 6.42 Å². The van der Waals surface area contributed by atoms with E-state index in [2.05, 4.69) is 48.3 Å². The van der Waals surface area contributed by atoms with Gasteiger partial charge in [-0.25, -0.2) is 0 Å². The second-order valence-electron chi connectivity index (χ2n) is 5.06. The van der Waals surface area contributed by atoms with Gasteiger partial charge in [0.25, 0.3) is 0 Å². The van der Waals surface area contributed by atoms with E-state index in [-0.39, 0.29) is 0 Å². The van der Waals surface area contributed by atoms with Gasteiger partial charge in [-0.05, 0) is 60.4 Å². The fourth-order valence-corrected chi connectivity index (χ4v) is 2.38. The molecule has 0 bridgehead atoms. The van der Waals surface area contributed by atoms with Crippen molar-refractivity contribution >= 4 is 10.9 Å². The molecule has 0 spiro atoms. The summed E-state index contributed by atoms with van der Waals surface area (Å²) >= 11 is 0. The lowest BCUT2D eigenvalue weighted by Gasteiger charge is -2.06. The first-order chi connectivity index (χ1) is 9.74. The molecule has 0 unspecified atom stereocenters. The van der Waals surface area contributed by atoms with Crippen molar-refractivity contribution in [3.63, 3.8) is 0 Å². The fraction of sp³-hybridized carbons (Fsp3) is 0.167. The first-order valence-electron chi connectivity index (χ1n) is 6.73. The van der Waals surface area contributed by atoms with Crippen LogP contribution < -0.4 is 4.74 Å². The summed E-state index contributed by atoms with van der Waals surface area (Å²) in [5, 5.41) is 1.20. The minimum Gasteiger partial charge on any atom is -0.497 e. The van der Waals surface area contributed by atoms with Crippen molar-refractivity contribution in [3.8, 4) is 5.75 Å². The molecular weight excluding hydrogens is 246 g/mol. The Balaban J connectivity index is 1.89. The number of methoxy groups -OCH3 is 1. The molecule has 0 saturated carbocycles. The molecule has 0 fully saturated rings. The highest BCUT2D eigenvalue weighted by molar-refractivity contribution is 5.79. The van der Waals surface area contributed by atoms with Gasteiger partial charge in [0.15, 0.2) is 0 Å². The zero-order chi connectivity index (χ0) is 13.9. The van der Waals surface area contributed by atoms with Gasteiger partial charge in [-0.15, -0.1) is 0 Å². The monoisotopic (exact) mass is 263 g/mol. The van der Waals surface area contributed by atoms with E-state index < -0.39 is 0 Å². The van der Waals surface area contributed by atoms with Crippen molar-refractivity contribution in [1.29, 1.82) is 0 Å². The summed E-state index contributed by atoms with van der Waals surface area (Å²) in [7, 11) is 1.69. The van der Waals surface area contributed by atoms with Crippen LogP contribution in [0.4, 0.5) is 0 Å².